The second-order valence-electron chi connectivity index (χ2n) is 6.73. The Kier molecular flexibility index (Phi) is 5.61. The van der Waals surface area contributed by atoms with Crippen molar-refractivity contribution in [2.24, 2.45) is 7.05 Å². The molecule has 1 N–H and O–H groups in total. The van der Waals surface area contributed by atoms with Crippen LogP contribution >= 0.6 is 11.6 Å². The minimum absolute atomic E-state index is 0.0337. The zero-order chi connectivity index (χ0) is 23.8. The second kappa shape index (κ2) is 8.40. The molecule has 0 saturated heterocycles. The molecule has 8 nitrogen and oxygen atoms in total. The largest absolute Gasteiger partial charge is 0.423 e. The fourth-order valence-electron chi connectivity index (χ4n) is 3.08. The van der Waals surface area contributed by atoms with Crippen LogP contribution in [0.5, 0.6) is 11.8 Å². The number of para-hydroxylation sites is 1. The number of halogens is 4. The van der Waals surface area contributed by atoms with E-state index < -0.39 is 17.3 Å². The van der Waals surface area contributed by atoms with E-state index in [0.29, 0.717) is 10.9 Å². The average Bonchev–Trinajstić information content (AvgIpc) is 2.76. The first kappa shape index (κ1) is 22.0. The first-order chi connectivity index (χ1) is 15.7. The van der Waals surface area contributed by atoms with E-state index in [1.165, 1.54) is 22.8 Å². The molecule has 0 amide bonds. The number of fused-ring (bicyclic) bond motifs is 1. The fraction of sp³-hybridized carbons (Fsp3) is 0.0952. The molecule has 0 aliphatic rings. The topological polar surface area (TPSA) is 106 Å². The Morgan fingerprint density at radius 1 is 1.12 bits per heavy atom. The van der Waals surface area contributed by atoms with Crippen LogP contribution in [0.3, 0.4) is 0 Å². The molecule has 4 rings (SSSR count). The molecule has 0 atom stereocenters. The monoisotopic (exact) mass is 472 g/mol. The molecule has 0 spiro atoms. The van der Waals surface area contributed by atoms with Crippen LogP contribution in [0.1, 0.15) is 11.1 Å². The molecule has 0 unspecified atom stereocenters. The molecule has 166 valence electrons. The van der Waals surface area contributed by atoms with Gasteiger partial charge in [0.2, 0.25) is 11.2 Å². The van der Waals surface area contributed by atoms with Crippen LogP contribution in [0.15, 0.2) is 53.3 Å². The SMILES string of the molecule is Cn1c(=O)cc(Oc2nc(Cl)nc(Nc3ccc(C#N)c(C(F)(F)F)c3)n2)c2ccccc21. The van der Waals surface area contributed by atoms with Gasteiger partial charge in [0, 0.05) is 24.2 Å². The van der Waals surface area contributed by atoms with Crippen LogP contribution in [-0.2, 0) is 13.2 Å². The number of aromatic nitrogens is 4. The van der Waals surface area contributed by atoms with Gasteiger partial charge in [-0.25, -0.2) is 0 Å². The molecule has 0 aliphatic carbocycles. The Labute approximate surface area is 188 Å². The maximum atomic E-state index is 13.2. The van der Waals surface area contributed by atoms with Gasteiger partial charge in [0.15, 0.2) is 0 Å². The summed E-state index contributed by atoms with van der Waals surface area (Å²) in [4.78, 5) is 24.0. The molecule has 2 heterocycles. The maximum absolute atomic E-state index is 13.2. The Hall–Kier alpha value is -4.17. The highest BCUT2D eigenvalue weighted by atomic mass is 35.5. The Morgan fingerprint density at radius 3 is 2.61 bits per heavy atom. The second-order valence-corrected chi connectivity index (χ2v) is 7.07. The van der Waals surface area contributed by atoms with Crippen molar-refractivity contribution < 1.29 is 17.9 Å². The summed E-state index contributed by atoms with van der Waals surface area (Å²) in [7, 11) is 1.61. The molecule has 2 aromatic carbocycles. The Balaban J connectivity index is 1.70. The molecule has 4 aromatic rings. The molecule has 2 aromatic heterocycles. The standard InChI is InChI=1S/C21H12ClF3N6O2/c1-31-15-5-3-2-4-13(15)16(9-17(31)32)33-20-29-18(22)28-19(30-20)27-12-7-6-11(10-26)14(8-12)21(23,24)25/h2-9H,1H3,(H,27,28,29,30). The zero-order valence-electron chi connectivity index (χ0n) is 16.7. The van der Waals surface area contributed by atoms with Gasteiger partial charge in [0.25, 0.3) is 5.56 Å². The Bertz CT molecular complexity index is 1480. The van der Waals surface area contributed by atoms with Crippen LogP contribution in [0, 0.1) is 11.3 Å². The number of hydrogen-bond donors (Lipinski definition) is 1. The number of hydrogen-bond acceptors (Lipinski definition) is 7. The van der Waals surface area contributed by atoms with Gasteiger partial charge in [0.05, 0.1) is 22.7 Å². The van der Waals surface area contributed by atoms with E-state index >= 15 is 0 Å². The summed E-state index contributed by atoms with van der Waals surface area (Å²) in [5, 5.41) is 11.8. The molecular formula is C21H12ClF3N6O2. The van der Waals surface area contributed by atoms with Crippen molar-refractivity contribution >= 4 is 34.1 Å². The van der Waals surface area contributed by atoms with Crippen LogP contribution in [0.2, 0.25) is 5.28 Å². The lowest BCUT2D eigenvalue weighted by Gasteiger charge is -2.13. The third kappa shape index (κ3) is 4.56. The summed E-state index contributed by atoms with van der Waals surface area (Å²) in [6, 6.07) is 12.5. The zero-order valence-corrected chi connectivity index (χ0v) is 17.4. The van der Waals surface area contributed by atoms with E-state index in [4.69, 9.17) is 21.6 Å². The third-order valence-electron chi connectivity index (χ3n) is 4.61. The number of ether oxygens (including phenoxy) is 1. The molecule has 0 saturated carbocycles. The fourth-order valence-corrected chi connectivity index (χ4v) is 3.23. The highest BCUT2D eigenvalue weighted by molar-refractivity contribution is 6.28. The Morgan fingerprint density at radius 2 is 1.88 bits per heavy atom. The molecule has 0 radical (unpaired) electrons. The van der Waals surface area contributed by atoms with Gasteiger partial charge in [-0.05, 0) is 41.9 Å². The average molecular weight is 473 g/mol. The van der Waals surface area contributed by atoms with Crippen molar-refractivity contribution in [3.63, 3.8) is 0 Å². The molecule has 0 aliphatic heterocycles. The van der Waals surface area contributed by atoms with Crippen LogP contribution < -0.4 is 15.6 Å². The lowest BCUT2D eigenvalue weighted by Crippen LogP contribution is -2.16. The number of rotatable bonds is 4. The van der Waals surface area contributed by atoms with E-state index in [9.17, 15) is 18.0 Å². The highest BCUT2D eigenvalue weighted by Crippen LogP contribution is 2.34. The number of nitrogens with one attached hydrogen (secondary N) is 1. The molecule has 12 heteroatoms. The van der Waals surface area contributed by atoms with E-state index in [0.717, 1.165) is 12.1 Å². The van der Waals surface area contributed by atoms with Crippen LogP contribution in [0.25, 0.3) is 10.9 Å². The highest BCUT2D eigenvalue weighted by Gasteiger charge is 2.34. The van der Waals surface area contributed by atoms with Crippen LogP contribution in [0.4, 0.5) is 24.8 Å². The predicted octanol–water partition coefficient (Wildman–Crippen LogP) is 4.80. The van der Waals surface area contributed by atoms with E-state index in [1.807, 2.05) is 0 Å². The number of pyridine rings is 1. The van der Waals surface area contributed by atoms with Crippen molar-refractivity contribution in [1.82, 2.24) is 19.5 Å². The van der Waals surface area contributed by atoms with Gasteiger partial charge in [-0.1, -0.05) is 12.1 Å². The summed E-state index contributed by atoms with van der Waals surface area (Å²) < 4.78 is 46.8. The summed E-state index contributed by atoms with van der Waals surface area (Å²) in [5.74, 6) is -0.0318. The molecule has 0 fully saturated rings. The van der Waals surface area contributed by atoms with Crippen molar-refractivity contribution in [2.75, 3.05) is 5.32 Å². The van der Waals surface area contributed by atoms with Gasteiger partial charge in [-0.15, -0.1) is 0 Å². The normalized spacial score (nSPS) is 11.3. The van der Waals surface area contributed by atoms with Gasteiger partial charge < -0.3 is 14.6 Å². The van der Waals surface area contributed by atoms with Crippen molar-refractivity contribution in [3.05, 3.63) is 75.3 Å². The lowest BCUT2D eigenvalue weighted by molar-refractivity contribution is -0.137. The predicted molar refractivity (Wildman–Crippen MR) is 114 cm³/mol. The minimum atomic E-state index is -4.73. The number of anilines is 2. The third-order valence-corrected chi connectivity index (χ3v) is 4.78. The first-order valence-corrected chi connectivity index (χ1v) is 9.60. The van der Waals surface area contributed by atoms with Crippen LogP contribution in [-0.4, -0.2) is 19.5 Å². The number of alkyl halides is 3. The van der Waals surface area contributed by atoms with E-state index in [1.54, 1.807) is 31.3 Å². The van der Waals surface area contributed by atoms with Crippen molar-refractivity contribution in [1.29, 1.82) is 5.26 Å². The van der Waals surface area contributed by atoms with Gasteiger partial charge in [-0.3, -0.25) is 4.79 Å². The number of nitrogens with zero attached hydrogens (tertiary/aromatic N) is 5. The smallest absolute Gasteiger partial charge is 0.417 e. The lowest BCUT2D eigenvalue weighted by atomic mass is 10.1. The molecular weight excluding hydrogens is 461 g/mol. The maximum Gasteiger partial charge on any atom is 0.417 e. The summed E-state index contributed by atoms with van der Waals surface area (Å²) >= 11 is 5.94. The molecule has 33 heavy (non-hydrogen) atoms. The van der Waals surface area contributed by atoms with Crippen molar-refractivity contribution in [2.45, 2.75) is 6.18 Å². The van der Waals surface area contributed by atoms with Crippen molar-refractivity contribution in [3.8, 4) is 17.8 Å². The number of aryl methyl sites for hydroxylation is 1. The van der Waals surface area contributed by atoms with Gasteiger partial charge >= 0.3 is 12.2 Å². The van der Waals surface area contributed by atoms with E-state index in [-0.39, 0.29) is 34.2 Å². The van der Waals surface area contributed by atoms with Gasteiger partial charge in [-0.2, -0.15) is 33.4 Å². The number of benzene rings is 2. The number of nitriles is 1. The molecule has 0 bridgehead atoms. The van der Waals surface area contributed by atoms with Gasteiger partial charge in [0.1, 0.15) is 5.75 Å². The summed E-state index contributed by atoms with van der Waals surface area (Å²) in [5.41, 5.74) is -1.40. The minimum Gasteiger partial charge on any atom is -0.423 e. The summed E-state index contributed by atoms with van der Waals surface area (Å²) in [6.07, 6.45) is -4.73. The first-order valence-electron chi connectivity index (χ1n) is 9.22. The quantitative estimate of drug-likeness (QED) is 0.454. The van der Waals surface area contributed by atoms with E-state index in [2.05, 4.69) is 20.3 Å². The summed E-state index contributed by atoms with van der Waals surface area (Å²) in [6.45, 7) is 0.